The van der Waals surface area contributed by atoms with Gasteiger partial charge in [-0.15, -0.1) is 9.90 Å². The van der Waals surface area contributed by atoms with Gasteiger partial charge in [-0.05, 0) is 19.1 Å². The lowest BCUT2D eigenvalue weighted by Crippen LogP contribution is -2.23. The molecule has 9 nitrogen and oxygen atoms in total. The van der Waals surface area contributed by atoms with Gasteiger partial charge in [0.25, 0.3) is 9.84 Å². The highest BCUT2D eigenvalue weighted by Crippen LogP contribution is 2.37. The molecule has 3 rings (SSSR count). The molecular weight excluding hydrogens is 470 g/mol. The van der Waals surface area contributed by atoms with Crippen molar-refractivity contribution in [1.82, 2.24) is 25.0 Å². The average molecular weight is 476 g/mol. The predicted octanol–water partition coefficient (Wildman–Crippen LogP) is 3.31. The van der Waals surface area contributed by atoms with E-state index in [0.29, 0.717) is 12.1 Å². The van der Waals surface area contributed by atoms with E-state index in [4.69, 9.17) is 33.7 Å². The van der Waals surface area contributed by atoms with Gasteiger partial charge in [-0.25, -0.2) is 13.4 Å². The molecule has 0 saturated heterocycles. The van der Waals surface area contributed by atoms with E-state index < -0.39 is 30.3 Å². The first-order chi connectivity index (χ1) is 13.9. The lowest BCUT2D eigenvalue weighted by molar-refractivity contribution is -0.0436. The number of sulfone groups is 1. The molecule has 0 atom stereocenters. The second-order valence-electron chi connectivity index (χ2n) is 5.64. The molecule has 0 radical (unpaired) electrons. The number of aromatic nitrogens is 5. The van der Waals surface area contributed by atoms with E-state index in [-0.39, 0.29) is 34.3 Å². The molecule has 154 valence electrons. The molecule has 0 fully saturated rings. The maximum absolute atomic E-state index is 12.8. The summed E-state index contributed by atoms with van der Waals surface area (Å²) >= 11 is 12.0. The summed E-state index contributed by atoms with van der Waals surface area (Å²) in [4.78, 5) is 6.27. The van der Waals surface area contributed by atoms with Gasteiger partial charge in [0, 0.05) is 0 Å². The van der Waals surface area contributed by atoms with Crippen molar-refractivity contribution in [3.8, 4) is 29.3 Å². The van der Waals surface area contributed by atoms with Crippen LogP contribution in [0, 0.1) is 29.6 Å². The Hall–Kier alpha value is -3.13. The third-order valence-electron chi connectivity index (χ3n) is 3.73. The number of benzene rings is 1. The number of nitriles is 2. The van der Waals surface area contributed by atoms with Gasteiger partial charge in [-0.1, -0.05) is 23.2 Å². The van der Waals surface area contributed by atoms with Crippen LogP contribution < -0.4 is 0 Å². The fraction of sp³-hybridized carbons (Fsp3) is 0.133. The van der Waals surface area contributed by atoms with Gasteiger partial charge in [-0.2, -0.15) is 28.8 Å². The molecule has 0 amide bonds. The second kappa shape index (κ2) is 7.28. The molecule has 0 saturated carbocycles. The van der Waals surface area contributed by atoms with Gasteiger partial charge in [0.2, 0.25) is 0 Å². The third kappa shape index (κ3) is 3.47. The second-order valence-corrected chi connectivity index (χ2v) is 8.40. The van der Waals surface area contributed by atoms with E-state index in [0.717, 1.165) is 4.80 Å². The van der Waals surface area contributed by atoms with Gasteiger partial charge >= 0.3 is 5.51 Å². The Kier molecular flexibility index (Phi) is 5.24. The number of imidazole rings is 1. The number of halogens is 5. The van der Waals surface area contributed by atoms with Crippen LogP contribution in [0.3, 0.4) is 0 Å². The van der Waals surface area contributed by atoms with Gasteiger partial charge in [0.1, 0.15) is 17.8 Å². The van der Waals surface area contributed by atoms with Crippen molar-refractivity contribution in [1.29, 1.82) is 10.5 Å². The first-order valence-electron chi connectivity index (χ1n) is 7.56. The quantitative estimate of drug-likeness (QED) is 0.611. The highest BCUT2D eigenvalue weighted by atomic mass is 35.5. The number of H-pyrrole nitrogens is 1. The van der Waals surface area contributed by atoms with Crippen LogP contribution in [0.5, 0.6) is 0 Å². The van der Waals surface area contributed by atoms with E-state index in [1.54, 1.807) is 12.1 Å². The first kappa shape index (κ1) is 21.6. The molecule has 0 bridgehead atoms. The summed E-state index contributed by atoms with van der Waals surface area (Å²) in [5.41, 5.74) is -5.63. The summed E-state index contributed by atoms with van der Waals surface area (Å²) in [6.45, 7) is 1.50. The number of aromatic amines is 1. The Bertz CT molecular complexity index is 1310. The topological polar surface area (TPSA) is 141 Å². The standard InChI is InChI=1S/C15H6Cl2F3N7O2S/c1-6-12(14-23-10(4-21)11(5-22)24-14)26-27(25-6)13-8(16)2-7(3-9(13)17)30(28,29)15(18,19)20/h2-3H,1H3,(H,23,24). The molecule has 0 aliphatic heterocycles. The zero-order chi connectivity index (χ0) is 22.4. The van der Waals surface area contributed by atoms with E-state index in [1.165, 1.54) is 6.92 Å². The van der Waals surface area contributed by atoms with Gasteiger partial charge in [-0.3, -0.25) is 0 Å². The Balaban J connectivity index is 2.13. The molecule has 0 unspecified atom stereocenters. The SMILES string of the molecule is Cc1nn(-c2c(Cl)cc(S(=O)(=O)C(F)(F)F)cc2Cl)nc1-c1nc(C#N)c(C#N)[nH]1. The summed E-state index contributed by atoms with van der Waals surface area (Å²) < 4.78 is 61.5. The van der Waals surface area contributed by atoms with Crippen LogP contribution in [-0.4, -0.2) is 38.9 Å². The first-order valence-corrected chi connectivity index (χ1v) is 9.80. The van der Waals surface area contributed by atoms with Gasteiger partial charge < -0.3 is 4.98 Å². The van der Waals surface area contributed by atoms with Crippen molar-refractivity contribution in [2.24, 2.45) is 0 Å². The van der Waals surface area contributed by atoms with Crippen LogP contribution in [0.25, 0.3) is 17.2 Å². The third-order valence-corrected chi connectivity index (χ3v) is 5.78. The van der Waals surface area contributed by atoms with Crippen molar-refractivity contribution in [3.63, 3.8) is 0 Å². The summed E-state index contributed by atoms with van der Waals surface area (Å²) in [5.74, 6) is 0.0374. The molecule has 0 spiro atoms. The Morgan fingerprint density at radius 1 is 1.13 bits per heavy atom. The van der Waals surface area contributed by atoms with Crippen molar-refractivity contribution in [3.05, 3.63) is 39.3 Å². The minimum atomic E-state index is -5.67. The molecule has 2 aromatic heterocycles. The summed E-state index contributed by atoms with van der Waals surface area (Å²) in [5, 5.41) is 25.2. The van der Waals surface area contributed by atoms with Gasteiger partial charge in [0.05, 0.1) is 20.6 Å². The van der Waals surface area contributed by atoms with Crippen LogP contribution >= 0.6 is 23.2 Å². The lowest BCUT2D eigenvalue weighted by atomic mass is 10.3. The van der Waals surface area contributed by atoms with E-state index in [2.05, 4.69) is 20.2 Å². The molecule has 0 aliphatic rings. The minimum absolute atomic E-state index is 0.0374. The number of aryl methyl sites for hydroxylation is 1. The Morgan fingerprint density at radius 3 is 2.20 bits per heavy atom. The molecule has 30 heavy (non-hydrogen) atoms. The molecule has 0 aliphatic carbocycles. The van der Waals surface area contributed by atoms with Gasteiger partial charge in [0.15, 0.2) is 22.9 Å². The van der Waals surface area contributed by atoms with E-state index in [9.17, 15) is 21.6 Å². The number of nitrogens with one attached hydrogen (secondary N) is 1. The number of nitrogens with zero attached hydrogens (tertiary/aromatic N) is 6. The molecule has 3 aromatic rings. The van der Waals surface area contributed by atoms with Crippen molar-refractivity contribution in [2.45, 2.75) is 17.3 Å². The Labute approximate surface area is 176 Å². The normalized spacial score (nSPS) is 11.9. The maximum atomic E-state index is 12.8. The molecular formula is C15H6Cl2F3N7O2S. The fourth-order valence-corrected chi connectivity index (χ4v) is 3.95. The van der Waals surface area contributed by atoms with Crippen LogP contribution in [-0.2, 0) is 9.84 Å². The monoisotopic (exact) mass is 475 g/mol. The number of alkyl halides is 3. The molecule has 1 aromatic carbocycles. The van der Waals surface area contributed by atoms with Crippen molar-refractivity contribution in [2.75, 3.05) is 0 Å². The Morgan fingerprint density at radius 2 is 1.73 bits per heavy atom. The number of hydrogen-bond acceptors (Lipinski definition) is 7. The summed E-state index contributed by atoms with van der Waals surface area (Å²) in [7, 11) is -5.67. The lowest BCUT2D eigenvalue weighted by Gasteiger charge is -2.11. The van der Waals surface area contributed by atoms with Crippen LogP contribution in [0.1, 0.15) is 17.1 Å². The molecule has 1 N–H and O–H groups in total. The van der Waals surface area contributed by atoms with Crippen molar-refractivity contribution < 1.29 is 21.6 Å². The minimum Gasteiger partial charge on any atom is -0.327 e. The number of hydrogen-bond donors (Lipinski definition) is 1. The maximum Gasteiger partial charge on any atom is 0.501 e. The number of rotatable bonds is 3. The van der Waals surface area contributed by atoms with Crippen LogP contribution in [0.15, 0.2) is 17.0 Å². The van der Waals surface area contributed by atoms with Crippen LogP contribution in [0.2, 0.25) is 10.0 Å². The fourth-order valence-electron chi connectivity index (χ4n) is 2.37. The largest absolute Gasteiger partial charge is 0.501 e. The summed E-state index contributed by atoms with van der Waals surface area (Å²) in [6.07, 6.45) is 0. The van der Waals surface area contributed by atoms with Crippen LogP contribution in [0.4, 0.5) is 13.2 Å². The highest BCUT2D eigenvalue weighted by Gasteiger charge is 2.47. The predicted molar refractivity (Wildman–Crippen MR) is 96.4 cm³/mol. The highest BCUT2D eigenvalue weighted by molar-refractivity contribution is 7.92. The van der Waals surface area contributed by atoms with E-state index in [1.807, 2.05) is 0 Å². The zero-order valence-corrected chi connectivity index (χ0v) is 16.8. The smallest absolute Gasteiger partial charge is 0.327 e. The molecule has 15 heteroatoms. The summed E-state index contributed by atoms with van der Waals surface area (Å²) in [6, 6.07) is 4.66. The zero-order valence-electron chi connectivity index (χ0n) is 14.5. The van der Waals surface area contributed by atoms with Crippen molar-refractivity contribution >= 4 is 33.0 Å². The molecule has 2 heterocycles. The van der Waals surface area contributed by atoms with E-state index >= 15 is 0 Å². The average Bonchev–Trinajstić information content (AvgIpc) is 3.23.